The quantitative estimate of drug-likeness (QED) is 0.288. The summed E-state index contributed by atoms with van der Waals surface area (Å²) >= 11 is 0. The molecule has 0 aromatic heterocycles. The van der Waals surface area contributed by atoms with Gasteiger partial charge in [-0.3, -0.25) is 4.99 Å². The van der Waals surface area contributed by atoms with E-state index >= 15 is 0 Å². The van der Waals surface area contributed by atoms with E-state index in [0.29, 0.717) is 11.8 Å². The maximum atomic E-state index is 4.87. The van der Waals surface area contributed by atoms with Crippen LogP contribution in [0.1, 0.15) is 51.8 Å². The van der Waals surface area contributed by atoms with Crippen LogP contribution in [0.2, 0.25) is 0 Å². The van der Waals surface area contributed by atoms with E-state index in [-0.39, 0.29) is 30.0 Å². The number of halogens is 1. The van der Waals surface area contributed by atoms with Crippen LogP contribution in [-0.2, 0) is 6.42 Å². The third-order valence-electron chi connectivity index (χ3n) is 5.55. The zero-order chi connectivity index (χ0) is 21.2. The molecule has 1 fully saturated rings. The Morgan fingerprint density at radius 2 is 1.67 bits per heavy atom. The van der Waals surface area contributed by atoms with Crippen molar-refractivity contribution in [3.63, 3.8) is 0 Å². The molecule has 1 aliphatic rings. The number of hydrogen-bond acceptors (Lipinski definition) is 3. The average molecular weight is 530 g/mol. The lowest BCUT2D eigenvalue weighted by molar-refractivity contribution is 0.140. The van der Waals surface area contributed by atoms with Gasteiger partial charge in [-0.1, -0.05) is 45.0 Å². The van der Waals surface area contributed by atoms with Gasteiger partial charge >= 0.3 is 0 Å². The van der Waals surface area contributed by atoms with Crippen molar-refractivity contribution in [3.8, 4) is 0 Å². The molecule has 5 nitrogen and oxygen atoms in total. The van der Waals surface area contributed by atoms with Crippen LogP contribution in [0, 0.1) is 11.8 Å². The summed E-state index contributed by atoms with van der Waals surface area (Å²) in [6.07, 6.45) is 1.14. The molecule has 2 unspecified atom stereocenters. The molecule has 0 saturated carbocycles. The van der Waals surface area contributed by atoms with Crippen LogP contribution in [0.4, 0.5) is 0 Å². The van der Waals surface area contributed by atoms with Gasteiger partial charge in [0, 0.05) is 45.8 Å². The van der Waals surface area contributed by atoms with E-state index in [1.807, 2.05) is 0 Å². The fourth-order valence-electron chi connectivity index (χ4n) is 3.80. The zero-order valence-electron chi connectivity index (χ0n) is 19.9. The second-order valence-electron chi connectivity index (χ2n) is 9.13. The van der Waals surface area contributed by atoms with Gasteiger partial charge in [0.25, 0.3) is 0 Å². The Bertz CT molecular complexity index is 609. The summed E-state index contributed by atoms with van der Waals surface area (Å²) in [6.45, 7) is 18.7. The van der Waals surface area contributed by atoms with Crippen LogP contribution in [-0.4, -0.2) is 68.6 Å². The summed E-state index contributed by atoms with van der Waals surface area (Å²) in [6, 6.07) is 9.24. The van der Waals surface area contributed by atoms with Gasteiger partial charge in [-0.2, -0.15) is 0 Å². The second kappa shape index (κ2) is 14.2. The Labute approximate surface area is 202 Å². The van der Waals surface area contributed by atoms with Crippen molar-refractivity contribution >= 4 is 29.9 Å². The monoisotopic (exact) mass is 529 g/mol. The van der Waals surface area contributed by atoms with Crippen molar-refractivity contribution in [2.45, 2.75) is 47.1 Å². The first-order valence-electron chi connectivity index (χ1n) is 11.4. The van der Waals surface area contributed by atoms with Crippen LogP contribution in [0.25, 0.3) is 0 Å². The molecule has 2 atom stereocenters. The molecule has 0 amide bonds. The molecule has 0 radical (unpaired) electrons. The maximum absolute atomic E-state index is 4.87. The minimum absolute atomic E-state index is 0. The first-order chi connectivity index (χ1) is 13.9. The lowest BCUT2D eigenvalue weighted by Crippen LogP contribution is -2.46. The predicted molar refractivity (Wildman–Crippen MR) is 141 cm³/mol. The molecule has 1 saturated heterocycles. The van der Waals surface area contributed by atoms with Crippen molar-refractivity contribution in [3.05, 3.63) is 35.4 Å². The molecule has 1 aliphatic heterocycles. The molecule has 0 aliphatic carbocycles. The van der Waals surface area contributed by atoms with Crippen LogP contribution in [0.15, 0.2) is 29.3 Å². The topological polar surface area (TPSA) is 42.9 Å². The van der Waals surface area contributed by atoms with Gasteiger partial charge in [0.15, 0.2) is 5.96 Å². The minimum Gasteiger partial charge on any atom is -0.357 e. The van der Waals surface area contributed by atoms with Gasteiger partial charge in [0.05, 0.1) is 6.04 Å². The molecular formula is C24H44IN5. The van der Waals surface area contributed by atoms with Crippen LogP contribution >= 0.6 is 24.0 Å². The van der Waals surface area contributed by atoms with Crippen LogP contribution < -0.4 is 10.6 Å². The first kappa shape index (κ1) is 27.2. The predicted octanol–water partition coefficient (Wildman–Crippen LogP) is 4.00. The summed E-state index contributed by atoms with van der Waals surface area (Å²) < 4.78 is 0. The SMILES string of the molecule is CCNC(=NCC(C)CN1CCN(C)CC1)NC(C)c1ccc(CC(C)C)cc1.I. The second-order valence-corrected chi connectivity index (χ2v) is 9.13. The summed E-state index contributed by atoms with van der Waals surface area (Å²) in [5.74, 6) is 2.16. The number of aliphatic imine (C=N–C) groups is 1. The van der Waals surface area contributed by atoms with E-state index < -0.39 is 0 Å². The molecule has 1 aromatic rings. The standard InChI is InChI=1S/C24H43N5.HI/c1-7-25-24(26-17-20(4)18-29-14-12-28(6)13-15-29)27-21(5)23-10-8-22(9-11-23)16-19(2)3;/h8-11,19-21H,7,12-18H2,1-6H3,(H2,25,26,27);1H. The van der Waals surface area contributed by atoms with Crippen LogP contribution in [0.3, 0.4) is 0 Å². The van der Waals surface area contributed by atoms with E-state index in [4.69, 9.17) is 4.99 Å². The highest BCUT2D eigenvalue weighted by molar-refractivity contribution is 14.0. The number of nitrogens with one attached hydrogen (secondary N) is 2. The first-order valence-corrected chi connectivity index (χ1v) is 11.4. The van der Waals surface area contributed by atoms with E-state index in [2.05, 4.69) is 86.4 Å². The largest absolute Gasteiger partial charge is 0.357 e. The van der Waals surface area contributed by atoms with Crippen LogP contribution in [0.5, 0.6) is 0 Å². The molecule has 6 heteroatoms. The zero-order valence-corrected chi connectivity index (χ0v) is 22.3. The number of hydrogen-bond donors (Lipinski definition) is 2. The highest BCUT2D eigenvalue weighted by atomic mass is 127. The Morgan fingerprint density at radius 1 is 1.03 bits per heavy atom. The number of benzene rings is 1. The van der Waals surface area contributed by atoms with Gasteiger partial charge < -0.3 is 20.4 Å². The van der Waals surface area contributed by atoms with Crippen molar-refractivity contribution in [2.75, 3.05) is 52.9 Å². The molecule has 0 bridgehead atoms. The third kappa shape index (κ3) is 9.96. The molecule has 0 spiro atoms. The summed E-state index contributed by atoms with van der Waals surface area (Å²) in [5, 5.41) is 6.98. The van der Waals surface area contributed by atoms with Gasteiger partial charge in [0.1, 0.15) is 0 Å². The Balaban J connectivity index is 0.00000450. The molecule has 1 heterocycles. The summed E-state index contributed by atoms with van der Waals surface area (Å²) in [7, 11) is 2.21. The molecule has 172 valence electrons. The number of rotatable bonds is 9. The fourth-order valence-corrected chi connectivity index (χ4v) is 3.80. The minimum atomic E-state index is 0. The molecule has 1 aromatic carbocycles. The molecule has 2 rings (SSSR count). The molecule has 2 N–H and O–H groups in total. The molecular weight excluding hydrogens is 485 g/mol. The van der Waals surface area contributed by atoms with Gasteiger partial charge in [0.2, 0.25) is 0 Å². The van der Waals surface area contributed by atoms with Crippen molar-refractivity contribution in [1.82, 2.24) is 20.4 Å². The Hall–Kier alpha value is -0.860. The average Bonchev–Trinajstić information content (AvgIpc) is 2.68. The van der Waals surface area contributed by atoms with E-state index in [9.17, 15) is 0 Å². The summed E-state index contributed by atoms with van der Waals surface area (Å²) in [5.41, 5.74) is 2.71. The third-order valence-corrected chi connectivity index (χ3v) is 5.55. The van der Waals surface area contributed by atoms with Gasteiger partial charge in [-0.05, 0) is 50.3 Å². The summed E-state index contributed by atoms with van der Waals surface area (Å²) in [4.78, 5) is 9.85. The number of nitrogens with zero attached hydrogens (tertiary/aromatic N) is 3. The number of likely N-dealkylation sites (N-methyl/N-ethyl adjacent to an activating group) is 1. The lowest BCUT2D eigenvalue weighted by atomic mass is 10.00. The Morgan fingerprint density at radius 3 is 2.23 bits per heavy atom. The maximum Gasteiger partial charge on any atom is 0.191 e. The number of guanidine groups is 1. The highest BCUT2D eigenvalue weighted by Gasteiger charge is 2.16. The molecule has 30 heavy (non-hydrogen) atoms. The highest BCUT2D eigenvalue weighted by Crippen LogP contribution is 2.15. The van der Waals surface area contributed by atoms with Gasteiger partial charge in [-0.15, -0.1) is 24.0 Å². The normalized spacial score (nSPS) is 18.0. The lowest BCUT2D eigenvalue weighted by Gasteiger charge is -2.33. The van der Waals surface area contributed by atoms with Crippen molar-refractivity contribution < 1.29 is 0 Å². The van der Waals surface area contributed by atoms with E-state index in [1.54, 1.807) is 0 Å². The van der Waals surface area contributed by atoms with Crippen molar-refractivity contribution in [2.24, 2.45) is 16.8 Å². The van der Waals surface area contributed by atoms with Crippen molar-refractivity contribution in [1.29, 1.82) is 0 Å². The Kier molecular flexibility index (Phi) is 12.9. The number of piperazine rings is 1. The smallest absolute Gasteiger partial charge is 0.191 e. The van der Waals surface area contributed by atoms with Gasteiger partial charge in [-0.25, -0.2) is 0 Å². The van der Waals surface area contributed by atoms with E-state index in [0.717, 1.165) is 32.0 Å². The van der Waals surface area contributed by atoms with E-state index in [1.165, 1.54) is 37.3 Å². The fraction of sp³-hybridized carbons (Fsp3) is 0.708.